The predicted octanol–water partition coefficient (Wildman–Crippen LogP) is 0.871. The molecule has 0 unspecified atom stereocenters. The van der Waals surface area contributed by atoms with Crippen LogP contribution in [0.25, 0.3) is 10.6 Å². The number of rotatable bonds is 7. The van der Waals surface area contributed by atoms with Gasteiger partial charge in [0.1, 0.15) is 6.04 Å². The number of nitrogens with two attached hydrogens (primary N) is 1. The molecule has 2 aromatic rings. The van der Waals surface area contributed by atoms with E-state index in [1.807, 2.05) is 0 Å². The van der Waals surface area contributed by atoms with E-state index in [4.69, 9.17) is 29.9 Å². The molecule has 2 heterocycles. The van der Waals surface area contributed by atoms with E-state index in [-0.39, 0.29) is 23.6 Å². The third-order valence-electron chi connectivity index (χ3n) is 2.61. The summed E-state index contributed by atoms with van der Waals surface area (Å²) in [4.78, 5) is 29.3. The molecule has 0 aliphatic carbocycles. The Morgan fingerprint density at radius 3 is 2.82 bits per heavy atom. The molecule has 0 saturated heterocycles. The van der Waals surface area contributed by atoms with Crippen LogP contribution in [-0.2, 0) is 15.8 Å². The summed E-state index contributed by atoms with van der Waals surface area (Å²) >= 11 is 1.33. The van der Waals surface area contributed by atoms with Crippen LogP contribution in [0.15, 0.2) is 22.0 Å². The molecule has 0 aromatic carbocycles. The SMILES string of the molecule is N[C@H](Cc1c(OCP(=O)(O)O)noc1-c1cccs1)C(=O)O. The smallest absolute Gasteiger partial charge is 0.362 e. The highest BCUT2D eigenvalue weighted by molar-refractivity contribution is 7.51. The van der Waals surface area contributed by atoms with Gasteiger partial charge >= 0.3 is 13.6 Å². The van der Waals surface area contributed by atoms with Crippen LogP contribution in [-0.4, -0.2) is 38.4 Å². The Kier molecular flexibility index (Phi) is 4.99. The van der Waals surface area contributed by atoms with E-state index in [0.717, 1.165) is 0 Å². The van der Waals surface area contributed by atoms with Crippen LogP contribution in [0.5, 0.6) is 5.88 Å². The molecule has 2 aromatic heterocycles. The highest BCUT2D eigenvalue weighted by Crippen LogP contribution is 2.38. The maximum atomic E-state index is 10.9. The number of carboxylic acids is 1. The molecule has 0 amide bonds. The van der Waals surface area contributed by atoms with Crippen LogP contribution in [0.4, 0.5) is 0 Å². The van der Waals surface area contributed by atoms with Crippen molar-refractivity contribution in [2.45, 2.75) is 12.5 Å². The molecule has 0 bridgehead atoms. The fourth-order valence-electron chi connectivity index (χ4n) is 1.64. The van der Waals surface area contributed by atoms with Crippen molar-refractivity contribution in [2.24, 2.45) is 5.73 Å². The van der Waals surface area contributed by atoms with Crippen molar-refractivity contribution in [2.75, 3.05) is 6.35 Å². The van der Waals surface area contributed by atoms with Crippen molar-refractivity contribution in [3.8, 4) is 16.5 Å². The van der Waals surface area contributed by atoms with Crippen LogP contribution in [0.1, 0.15) is 5.56 Å². The summed E-state index contributed by atoms with van der Waals surface area (Å²) in [5, 5.41) is 14.3. The number of aliphatic carboxylic acids is 1. The van der Waals surface area contributed by atoms with Crippen LogP contribution >= 0.6 is 18.9 Å². The summed E-state index contributed by atoms with van der Waals surface area (Å²) < 4.78 is 20.9. The Labute approximate surface area is 128 Å². The van der Waals surface area contributed by atoms with Gasteiger partial charge in [-0.05, 0) is 16.6 Å². The first kappa shape index (κ1) is 16.7. The third-order valence-corrected chi connectivity index (χ3v) is 3.94. The summed E-state index contributed by atoms with van der Waals surface area (Å²) in [5.41, 5.74) is 5.76. The van der Waals surface area contributed by atoms with Gasteiger partial charge < -0.3 is 29.9 Å². The minimum absolute atomic E-state index is 0.150. The van der Waals surface area contributed by atoms with Crippen molar-refractivity contribution in [3.05, 3.63) is 23.1 Å². The molecule has 0 radical (unpaired) electrons. The van der Waals surface area contributed by atoms with Gasteiger partial charge in [-0.1, -0.05) is 6.07 Å². The van der Waals surface area contributed by atoms with Gasteiger partial charge in [0.2, 0.25) is 0 Å². The van der Waals surface area contributed by atoms with Crippen LogP contribution in [0.3, 0.4) is 0 Å². The molecular weight excluding hydrogens is 335 g/mol. The first-order valence-corrected chi connectivity index (χ1v) is 8.64. The average molecular weight is 348 g/mol. The van der Waals surface area contributed by atoms with Gasteiger partial charge in [0.05, 0.1) is 10.4 Å². The number of carbonyl (C=O) groups is 1. The Morgan fingerprint density at radius 2 is 2.27 bits per heavy atom. The number of nitrogens with zero attached hydrogens (tertiary/aromatic N) is 1. The average Bonchev–Trinajstić information content (AvgIpc) is 3.04. The molecule has 0 aliphatic rings. The standard InChI is InChI=1S/C11H13N2O7PS/c12-7(11(14)15)4-6-9(8-2-1-3-22-8)20-13-10(6)19-5-21(16,17)18/h1-3,7H,4-5,12H2,(H,14,15)(H2,16,17,18)/t7-/m1/s1. The second-order valence-electron chi connectivity index (χ2n) is 4.36. The molecule has 0 saturated carbocycles. The van der Waals surface area contributed by atoms with Crippen LogP contribution in [0, 0.1) is 0 Å². The van der Waals surface area contributed by atoms with Crippen molar-refractivity contribution in [1.82, 2.24) is 5.16 Å². The summed E-state index contributed by atoms with van der Waals surface area (Å²) in [6.45, 7) is 0. The largest absolute Gasteiger partial charge is 0.480 e. The first-order chi connectivity index (χ1) is 10.3. The van der Waals surface area contributed by atoms with Crippen molar-refractivity contribution < 1.29 is 33.5 Å². The van der Waals surface area contributed by atoms with Gasteiger partial charge in [0.25, 0.3) is 5.88 Å². The normalized spacial score (nSPS) is 13.0. The number of aromatic nitrogens is 1. The van der Waals surface area contributed by atoms with E-state index in [9.17, 15) is 9.36 Å². The van der Waals surface area contributed by atoms with Crippen molar-refractivity contribution in [3.63, 3.8) is 0 Å². The molecule has 5 N–H and O–H groups in total. The van der Waals surface area contributed by atoms with Crippen LogP contribution < -0.4 is 10.5 Å². The van der Waals surface area contributed by atoms with Crippen LogP contribution in [0.2, 0.25) is 0 Å². The predicted molar refractivity (Wildman–Crippen MR) is 76.7 cm³/mol. The number of thiophene rings is 1. The summed E-state index contributed by atoms with van der Waals surface area (Å²) in [6.07, 6.45) is -1.04. The lowest BCUT2D eigenvalue weighted by atomic mass is 10.1. The molecule has 9 nitrogen and oxygen atoms in total. The maximum absolute atomic E-state index is 10.9. The van der Waals surface area contributed by atoms with Crippen molar-refractivity contribution >= 4 is 24.9 Å². The molecule has 120 valence electrons. The van der Waals surface area contributed by atoms with Gasteiger partial charge in [0.15, 0.2) is 12.1 Å². The minimum Gasteiger partial charge on any atom is -0.480 e. The van der Waals surface area contributed by atoms with E-state index < -0.39 is 26.0 Å². The highest BCUT2D eigenvalue weighted by atomic mass is 32.1. The molecular formula is C11H13N2O7PS. The second-order valence-corrected chi connectivity index (χ2v) is 6.89. The van der Waals surface area contributed by atoms with Gasteiger partial charge in [-0.15, -0.1) is 11.3 Å². The number of hydrogen-bond acceptors (Lipinski definition) is 7. The van der Waals surface area contributed by atoms with Crippen molar-refractivity contribution in [1.29, 1.82) is 0 Å². The lowest BCUT2D eigenvalue weighted by molar-refractivity contribution is -0.138. The van der Waals surface area contributed by atoms with E-state index in [1.54, 1.807) is 17.5 Å². The molecule has 22 heavy (non-hydrogen) atoms. The number of hydrogen-bond donors (Lipinski definition) is 4. The molecule has 11 heteroatoms. The monoisotopic (exact) mass is 348 g/mol. The van der Waals surface area contributed by atoms with E-state index in [1.165, 1.54) is 11.3 Å². The summed E-state index contributed by atoms with van der Waals surface area (Å²) in [7, 11) is -4.40. The lowest BCUT2D eigenvalue weighted by Gasteiger charge is -2.09. The van der Waals surface area contributed by atoms with Gasteiger partial charge in [-0.3, -0.25) is 9.36 Å². The highest BCUT2D eigenvalue weighted by Gasteiger charge is 2.26. The molecule has 2 rings (SSSR count). The maximum Gasteiger partial charge on any atom is 0.362 e. The summed E-state index contributed by atoms with van der Waals surface area (Å²) in [6, 6.07) is 2.27. The Hall–Kier alpha value is -1.71. The van der Waals surface area contributed by atoms with E-state index in [0.29, 0.717) is 4.88 Å². The molecule has 0 fully saturated rings. The van der Waals surface area contributed by atoms with E-state index in [2.05, 4.69) is 5.16 Å². The zero-order chi connectivity index (χ0) is 16.3. The first-order valence-electron chi connectivity index (χ1n) is 5.96. The van der Waals surface area contributed by atoms with Gasteiger partial charge in [-0.25, -0.2) is 0 Å². The molecule has 1 atom stereocenters. The summed E-state index contributed by atoms with van der Waals surface area (Å²) in [5.74, 6) is -1.13. The quantitative estimate of drug-likeness (QED) is 0.533. The second kappa shape index (κ2) is 6.59. The topological polar surface area (TPSA) is 156 Å². The molecule has 0 aliphatic heterocycles. The van der Waals surface area contributed by atoms with E-state index >= 15 is 0 Å². The third kappa shape index (κ3) is 4.15. The zero-order valence-electron chi connectivity index (χ0n) is 11.1. The Balaban J connectivity index is 2.33. The fraction of sp³-hybridized carbons (Fsp3) is 0.273. The molecule has 0 spiro atoms. The Morgan fingerprint density at radius 1 is 1.55 bits per heavy atom. The van der Waals surface area contributed by atoms with Gasteiger partial charge in [-0.2, -0.15) is 0 Å². The Bertz CT molecular complexity index is 693. The number of ether oxygens (including phenoxy) is 1. The zero-order valence-corrected chi connectivity index (χ0v) is 12.8. The minimum atomic E-state index is -4.40. The van der Waals surface area contributed by atoms with Gasteiger partial charge in [0, 0.05) is 6.42 Å². The number of carboxylic acid groups (broad SMARTS) is 1. The lowest BCUT2D eigenvalue weighted by Crippen LogP contribution is -2.32. The fourth-order valence-corrected chi connectivity index (χ4v) is 2.66.